The first-order valence-corrected chi connectivity index (χ1v) is 10.3. The zero-order valence-corrected chi connectivity index (χ0v) is 17.7. The van der Waals surface area contributed by atoms with Crippen LogP contribution < -0.4 is 5.73 Å². The Hall–Kier alpha value is -4.01. The second-order valence-electron chi connectivity index (χ2n) is 7.43. The maximum absolute atomic E-state index is 13.3. The molecular weight excluding hydrogens is 408 g/mol. The minimum absolute atomic E-state index is 0.145. The number of guanidine groups is 1. The Labute approximate surface area is 183 Å². The van der Waals surface area contributed by atoms with Crippen LogP contribution in [0, 0.1) is 22.7 Å². The monoisotopic (exact) mass is 426 g/mol. The highest BCUT2D eigenvalue weighted by atomic mass is 32.1. The summed E-state index contributed by atoms with van der Waals surface area (Å²) in [6, 6.07) is 16.8. The van der Waals surface area contributed by atoms with Gasteiger partial charge in [-0.2, -0.15) is 10.5 Å². The lowest BCUT2D eigenvalue weighted by Gasteiger charge is -2.39. The van der Waals surface area contributed by atoms with E-state index in [4.69, 9.17) is 16.0 Å². The standard InChI is InChI=1S/C23H18N6OS/c1-23(19-9-17(13-31-19)15-5-3-4-14(8-15)10-24)20(21(30)29(2)22(26)28-23)16-6-7-18(11-25)27-12-16/h3-9,12-13,20H,1-2H3,(H2,26,28)/t20-,23-/m1/s1. The van der Waals surface area contributed by atoms with Crippen LogP contribution in [-0.2, 0) is 10.3 Å². The number of rotatable bonds is 3. The fraction of sp³-hybridized carbons (Fsp3) is 0.174. The summed E-state index contributed by atoms with van der Waals surface area (Å²) in [5, 5.41) is 20.2. The fourth-order valence-electron chi connectivity index (χ4n) is 3.75. The third kappa shape index (κ3) is 3.43. The number of carbonyl (C=O) groups is 1. The molecule has 0 fully saturated rings. The number of aliphatic imine (C=N–C) groups is 1. The van der Waals surface area contributed by atoms with Crippen LogP contribution in [0.1, 0.15) is 34.5 Å². The third-order valence-corrected chi connectivity index (χ3v) is 6.64. The van der Waals surface area contributed by atoms with Crippen molar-refractivity contribution in [3.63, 3.8) is 0 Å². The van der Waals surface area contributed by atoms with Crippen LogP contribution in [0.15, 0.2) is 59.0 Å². The third-order valence-electron chi connectivity index (χ3n) is 5.49. The Kier molecular flexibility index (Phi) is 5.02. The number of pyridine rings is 1. The molecule has 7 nitrogen and oxygen atoms in total. The Morgan fingerprint density at radius 2 is 1.97 bits per heavy atom. The molecule has 4 rings (SSSR count). The van der Waals surface area contributed by atoms with Crippen LogP contribution in [0.2, 0.25) is 0 Å². The molecule has 0 radical (unpaired) electrons. The van der Waals surface area contributed by atoms with E-state index >= 15 is 0 Å². The highest BCUT2D eigenvalue weighted by Crippen LogP contribution is 2.46. The van der Waals surface area contributed by atoms with Crippen molar-refractivity contribution in [3.8, 4) is 23.3 Å². The van der Waals surface area contributed by atoms with E-state index in [9.17, 15) is 10.1 Å². The van der Waals surface area contributed by atoms with Crippen molar-refractivity contribution >= 4 is 23.2 Å². The number of nitrogens with zero attached hydrogens (tertiary/aromatic N) is 5. The van der Waals surface area contributed by atoms with Crippen molar-refractivity contribution in [1.29, 1.82) is 10.5 Å². The predicted octanol–water partition coefficient (Wildman–Crippen LogP) is 3.34. The van der Waals surface area contributed by atoms with Gasteiger partial charge in [-0.25, -0.2) is 9.98 Å². The quantitative estimate of drug-likeness (QED) is 0.689. The number of benzene rings is 1. The molecule has 1 aromatic carbocycles. The van der Waals surface area contributed by atoms with Gasteiger partial charge in [-0.05, 0) is 53.3 Å². The molecule has 0 bridgehead atoms. The van der Waals surface area contributed by atoms with Gasteiger partial charge in [0.15, 0.2) is 5.96 Å². The zero-order chi connectivity index (χ0) is 22.2. The first-order chi connectivity index (χ1) is 14.9. The minimum Gasteiger partial charge on any atom is -0.369 e. The Morgan fingerprint density at radius 3 is 2.65 bits per heavy atom. The molecule has 0 aliphatic carbocycles. The van der Waals surface area contributed by atoms with Crippen LogP contribution >= 0.6 is 11.3 Å². The Morgan fingerprint density at radius 1 is 1.16 bits per heavy atom. The van der Waals surface area contributed by atoms with Gasteiger partial charge in [0.25, 0.3) is 0 Å². The van der Waals surface area contributed by atoms with Gasteiger partial charge in [0.05, 0.1) is 17.6 Å². The summed E-state index contributed by atoms with van der Waals surface area (Å²) in [6.07, 6.45) is 1.55. The number of nitriles is 2. The summed E-state index contributed by atoms with van der Waals surface area (Å²) in [6.45, 7) is 1.88. The fourth-order valence-corrected chi connectivity index (χ4v) is 4.81. The van der Waals surface area contributed by atoms with E-state index in [1.54, 1.807) is 31.4 Å². The maximum Gasteiger partial charge on any atom is 0.239 e. The van der Waals surface area contributed by atoms with E-state index < -0.39 is 11.5 Å². The molecule has 0 unspecified atom stereocenters. The maximum atomic E-state index is 13.3. The van der Waals surface area contributed by atoms with Crippen molar-refractivity contribution < 1.29 is 4.79 Å². The number of nitrogens with two attached hydrogens (primary N) is 1. The summed E-state index contributed by atoms with van der Waals surface area (Å²) in [5.41, 5.74) is 8.52. The van der Waals surface area contributed by atoms with Crippen molar-refractivity contribution in [3.05, 3.63) is 75.7 Å². The van der Waals surface area contributed by atoms with Gasteiger partial charge < -0.3 is 5.73 Å². The molecule has 0 spiro atoms. The van der Waals surface area contributed by atoms with Crippen LogP contribution in [0.3, 0.4) is 0 Å². The highest BCUT2D eigenvalue weighted by molar-refractivity contribution is 7.10. The molecular formula is C23H18N6OS. The predicted molar refractivity (Wildman–Crippen MR) is 118 cm³/mol. The topological polar surface area (TPSA) is 119 Å². The molecule has 1 aliphatic heterocycles. The van der Waals surface area contributed by atoms with Gasteiger partial charge in [-0.1, -0.05) is 18.2 Å². The average Bonchev–Trinajstić information content (AvgIpc) is 3.29. The van der Waals surface area contributed by atoms with Crippen molar-refractivity contribution in [1.82, 2.24) is 9.88 Å². The van der Waals surface area contributed by atoms with Gasteiger partial charge in [-0.15, -0.1) is 11.3 Å². The Bertz CT molecular complexity index is 1280. The van der Waals surface area contributed by atoms with Gasteiger partial charge in [-0.3, -0.25) is 9.69 Å². The van der Waals surface area contributed by atoms with Crippen LogP contribution in [0.5, 0.6) is 0 Å². The van der Waals surface area contributed by atoms with Gasteiger partial charge in [0.2, 0.25) is 5.91 Å². The molecule has 8 heteroatoms. The number of likely N-dealkylation sites (N-methyl/N-ethyl adjacent to an activating group) is 1. The van der Waals surface area contributed by atoms with E-state index in [0.717, 1.165) is 16.0 Å². The SMILES string of the molecule is CN1C(=O)[C@@H](c2ccc(C#N)nc2)[C@@](C)(c2cc(-c3cccc(C#N)c3)cs2)N=C1N. The lowest BCUT2D eigenvalue weighted by molar-refractivity contribution is -0.130. The normalized spacial score (nSPS) is 20.6. The van der Waals surface area contributed by atoms with Crippen molar-refractivity contribution in [2.75, 3.05) is 7.05 Å². The average molecular weight is 427 g/mol. The molecule has 2 atom stereocenters. The van der Waals surface area contributed by atoms with Gasteiger partial charge in [0.1, 0.15) is 17.3 Å². The van der Waals surface area contributed by atoms with Crippen LogP contribution in [-0.4, -0.2) is 28.8 Å². The Balaban J connectivity index is 1.83. The van der Waals surface area contributed by atoms with E-state index in [2.05, 4.69) is 11.1 Å². The summed E-state index contributed by atoms with van der Waals surface area (Å²) in [5.74, 6) is -0.697. The van der Waals surface area contributed by atoms with Crippen LogP contribution in [0.4, 0.5) is 0 Å². The second kappa shape index (κ2) is 7.67. The number of aromatic nitrogens is 1. The van der Waals surface area contributed by atoms with E-state index in [-0.39, 0.29) is 17.6 Å². The molecule has 2 N–H and O–H groups in total. The number of carbonyl (C=O) groups excluding carboxylic acids is 1. The van der Waals surface area contributed by atoms with Gasteiger partial charge >= 0.3 is 0 Å². The molecule has 31 heavy (non-hydrogen) atoms. The number of amides is 1. The van der Waals surface area contributed by atoms with Crippen molar-refractivity contribution in [2.45, 2.75) is 18.4 Å². The summed E-state index contributed by atoms with van der Waals surface area (Å²) in [7, 11) is 1.60. The molecule has 1 aliphatic rings. The first kappa shape index (κ1) is 20.3. The number of hydrogen-bond acceptors (Lipinski definition) is 7. The van der Waals surface area contributed by atoms with Gasteiger partial charge in [0, 0.05) is 18.1 Å². The van der Waals surface area contributed by atoms with E-state index in [1.165, 1.54) is 16.2 Å². The smallest absolute Gasteiger partial charge is 0.239 e. The number of thiophene rings is 1. The lowest BCUT2D eigenvalue weighted by Crippen LogP contribution is -2.52. The summed E-state index contributed by atoms with van der Waals surface area (Å²) in [4.78, 5) is 24.4. The summed E-state index contributed by atoms with van der Waals surface area (Å²) < 4.78 is 0. The minimum atomic E-state index is -0.945. The molecule has 2 aromatic heterocycles. The molecule has 152 valence electrons. The largest absolute Gasteiger partial charge is 0.369 e. The lowest BCUT2D eigenvalue weighted by atomic mass is 9.78. The van der Waals surface area contributed by atoms with Crippen molar-refractivity contribution in [2.24, 2.45) is 10.7 Å². The molecule has 0 saturated heterocycles. The van der Waals surface area contributed by atoms with Crippen LogP contribution in [0.25, 0.3) is 11.1 Å². The van der Waals surface area contributed by atoms with E-state index in [1.807, 2.05) is 42.6 Å². The molecule has 0 saturated carbocycles. The molecule has 3 aromatic rings. The zero-order valence-electron chi connectivity index (χ0n) is 16.9. The van der Waals surface area contributed by atoms with E-state index in [0.29, 0.717) is 11.1 Å². The number of hydrogen-bond donors (Lipinski definition) is 1. The summed E-state index contributed by atoms with van der Waals surface area (Å²) >= 11 is 1.49. The molecule has 1 amide bonds. The first-order valence-electron chi connectivity index (χ1n) is 9.46. The highest BCUT2D eigenvalue weighted by Gasteiger charge is 2.48. The second-order valence-corrected chi connectivity index (χ2v) is 8.34. The molecule has 3 heterocycles.